The van der Waals surface area contributed by atoms with E-state index in [1.165, 1.54) is 24.3 Å². The molecule has 9 rings (SSSR count). The maximum Gasteiger partial charge on any atom is 0.416 e. The Morgan fingerprint density at radius 3 is 0.982 bits per heavy atom. The van der Waals surface area contributed by atoms with Crippen molar-refractivity contribution in [2.24, 2.45) is 0 Å². The van der Waals surface area contributed by atoms with Crippen molar-refractivity contribution in [1.82, 2.24) is 0 Å². The van der Waals surface area contributed by atoms with Gasteiger partial charge in [-0.05, 0) is 101 Å². The Morgan fingerprint density at radius 2 is 0.702 bits per heavy atom. The molecular formula is C47H32F6N2O2. The molecule has 0 aliphatic carbocycles. The molecule has 7 aromatic rings. The average molecular weight is 771 g/mol. The Balaban J connectivity index is 1.46. The number of rotatable bonds is 5. The fourth-order valence-corrected chi connectivity index (χ4v) is 7.79. The van der Waals surface area contributed by atoms with E-state index in [0.29, 0.717) is 84.9 Å². The third-order valence-electron chi connectivity index (χ3n) is 10.2. The van der Waals surface area contributed by atoms with Gasteiger partial charge in [0.2, 0.25) is 0 Å². The minimum atomic E-state index is -4.57. The lowest BCUT2D eigenvalue weighted by Gasteiger charge is -2.39. The van der Waals surface area contributed by atoms with Gasteiger partial charge >= 0.3 is 12.4 Å². The molecule has 0 fully saturated rings. The molecule has 0 bridgehead atoms. The van der Waals surface area contributed by atoms with Crippen molar-refractivity contribution in [3.05, 3.63) is 168 Å². The molecule has 0 saturated carbocycles. The van der Waals surface area contributed by atoms with Gasteiger partial charge in [-0.15, -0.1) is 0 Å². The molecule has 0 spiro atoms. The van der Waals surface area contributed by atoms with E-state index in [-0.39, 0.29) is 5.92 Å². The number of anilines is 6. The van der Waals surface area contributed by atoms with Crippen LogP contribution in [0.1, 0.15) is 36.5 Å². The first kappa shape index (κ1) is 36.0. The van der Waals surface area contributed by atoms with Crippen molar-refractivity contribution in [3.63, 3.8) is 0 Å². The second kappa shape index (κ2) is 13.5. The van der Waals surface area contributed by atoms with E-state index >= 15 is 0 Å². The summed E-state index contributed by atoms with van der Waals surface area (Å²) in [6.07, 6.45) is -9.15. The smallest absolute Gasteiger partial charge is 0.416 e. The van der Waals surface area contributed by atoms with Crippen LogP contribution in [0.4, 0.5) is 60.5 Å². The molecular weight excluding hydrogens is 739 g/mol. The van der Waals surface area contributed by atoms with Crippen LogP contribution in [0.3, 0.4) is 0 Å². The van der Waals surface area contributed by atoms with Crippen LogP contribution in [0.2, 0.25) is 0 Å². The van der Waals surface area contributed by atoms with E-state index in [4.69, 9.17) is 9.47 Å². The molecule has 0 saturated heterocycles. The van der Waals surface area contributed by atoms with Crippen LogP contribution < -0.4 is 19.3 Å². The number of ether oxygens (including phenoxy) is 2. The van der Waals surface area contributed by atoms with Crippen molar-refractivity contribution >= 4 is 34.1 Å². The van der Waals surface area contributed by atoms with E-state index in [2.05, 4.69) is 0 Å². The number of fused-ring (bicyclic) bond motifs is 4. The van der Waals surface area contributed by atoms with Gasteiger partial charge in [0.1, 0.15) is 0 Å². The molecule has 7 aromatic carbocycles. The molecule has 0 aromatic heterocycles. The number of hydrogen-bond donors (Lipinski definition) is 0. The predicted octanol–water partition coefficient (Wildman–Crippen LogP) is 15.3. The van der Waals surface area contributed by atoms with Gasteiger partial charge in [0.25, 0.3) is 0 Å². The van der Waals surface area contributed by atoms with Gasteiger partial charge < -0.3 is 19.3 Å². The van der Waals surface area contributed by atoms with Crippen LogP contribution in [0.5, 0.6) is 23.0 Å². The van der Waals surface area contributed by atoms with E-state index in [1.807, 2.05) is 127 Å². The maximum absolute atomic E-state index is 14.0. The normalized spacial score (nSPS) is 13.3. The van der Waals surface area contributed by atoms with E-state index in [9.17, 15) is 26.3 Å². The quantitative estimate of drug-likeness (QED) is 0.163. The molecule has 57 heavy (non-hydrogen) atoms. The number of nitrogens with zero attached hydrogens (tertiary/aromatic N) is 2. The minimum absolute atomic E-state index is 0.309. The molecule has 2 aliphatic rings. The van der Waals surface area contributed by atoms with Gasteiger partial charge in [0.15, 0.2) is 23.0 Å². The number of halogens is 6. The Hall–Kier alpha value is -6.68. The zero-order chi connectivity index (χ0) is 39.6. The number of alkyl halides is 6. The molecule has 0 radical (unpaired) electrons. The van der Waals surface area contributed by atoms with Gasteiger partial charge in [-0.25, -0.2) is 0 Å². The molecule has 2 aliphatic heterocycles. The van der Waals surface area contributed by atoms with Crippen LogP contribution in [0.15, 0.2) is 152 Å². The number of para-hydroxylation sites is 8. The molecule has 2 heterocycles. The SMILES string of the molecule is CC(C)c1c(-c2ccc(C(F)(F)F)cc2)c(N2c3ccccc3Oc3ccccc32)cc(N2c3ccccc3Oc3ccccc32)c1-c1ccc(C(F)(F)F)cc1. The van der Waals surface area contributed by atoms with Gasteiger partial charge in [0.05, 0.1) is 45.3 Å². The van der Waals surface area contributed by atoms with Crippen LogP contribution in [-0.2, 0) is 12.4 Å². The van der Waals surface area contributed by atoms with E-state index in [0.717, 1.165) is 24.3 Å². The van der Waals surface area contributed by atoms with Crippen LogP contribution in [0.25, 0.3) is 22.3 Å². The molecule has 0 unspecified atom stereocenters. The van der Waals surface area contributed by atoms with Gasteiger partial charge in [-0.1, -0.05) is 86.6 Å². The summed E-state index contributed by atoms with van der Waals surface area (Å²) in [5.74, 6) is 1.95. The average Bonchev–Trinajstić information content (AvgIpc) is 3.20. The standard InChI is InChI=1S/C47H32F6N2O2/c1-28(2)43-44(29-19-23-31(24-20-29)46(48,49)50)37(54-33-11-3-7-15-39(33)56-40-16-8-4-12-34(40)54)27-38(45(43)30-21-25-32(26-22-30)47(51,52)53)55-35-13-5-9-17-41(35)57-42-18-10-6-14-36(42)55/h3-28H,1-2H3. The second-order valence-corrected chi connectivity index (χ2v) is 14.1. The summed E-state index contributed by atoms with van der Waals surface area (Å²) < 4.78 is 96.9. The lowest BCUT2D eigenvalue weighted by molar-refractivity contribution is -0.138. The lowest BCUT2D eigenvalue weighted by atomic mass is 9.82. The summed E-state index contributed by atoms with van der Waals surface area (Å²) in [6.45, 7) is 3.96. The Morgan fingerprint density at radius 1 is 0.404 bits per heavy atom. The molecule has 0 atom stereocenters. The largest absolute Gasteiger partial charge is 0.453 e. The monoisotopic (exact) mass is 770 g/mol. The van der Waals surface area contributed by atoms with Crippen molar-refractivity contribution in [2.45, 2.75) is 32.1 Å². The fourth-order valence-electron chi connectivity index (χ4n) is 7.79. The third kappa shape index (κ3) is 6.21. The van der Waals surface area contributed by atoms with Gasteiger partial charge in [-0.2, -0.15) is 26.3 Å². The third-order valence-corrected chi connectivity index (χ3v) is 10.2. The first-order chi connectivity index (χ1) is 27.4. The second-order valence-electron chi connectivity index (χ2n) is 14.1. The van der Waals surface area contributed by atoms with Gasteiger partial charge in [-0.3, -0.25) is 0 Å². The molecule has 0 N–H and O–H groups in total. The minimum Gasteiger partial charge on any atom is -0.453 e. The van der Waals surface area contributed by atoms with Gasteiger partial charge in [0, 0.05) is 11.1 Å². The fraction of sp³-hybridized carbons (Fsp3) is 0.106. The van der Waals surface area contributed by atoms with Crippen molar-refractivity contribution in [3.8, 4) is 45.3 Å². The lowest BCUT2D eigenvalue weighted by Crippen LogP contribution is -2.21. The van der Waals surface area contributed by atoms with Crippen molar-refractivity contribution < 1.29 is 35.8 Å². The highest BCUT2D eigenvalue weighted by Gasteiger charge is 2.37. The topological polar surface area (TPSA) is 24.9 Å². The Bertz CT molecular complexity index is 2380. The van der Waals surface area contributed by atoms with Crippen LogP contribution in [-0.4, -0.2) is 0 Å². The van der Waals surface area contributed by atoms with Crippen molar-refractivity contribution in [1.29, 1.82) is 0 Å². The summed E-state index contributed by atoms with van der Waals surface area (Å²) in [5.41, 5.74) is 5.31. The Labute approximate surface area is 324 Å². The number of hydrogen-bond acceptors (Lipinski definition) is 4. The maximum atomic E-state index is 14.0. The summed E-state index contributed by atoms with van der Waals surface area (Å²) in [5, 5.41) is 0. The first-order valence-electron chi connectivity index (χ1n) is 18.3. The van der Waals surface area contributed by atoms with Crippen molar-refractivity contribution in [2.75, 3.05) is 9.80 Å². The Kier molecular flexibility index (Phi) is 8.53. The first-order valence-corrected chi connectivity index (χ1v) is 18.3. The molecule has 4 nitrogen and oxygen atoms in total. The van der Waals surface area contributed by atoms with E-state index < -0.39 is 23.5 Å². The molecule has 284 valence electrons. The van der Waals surface area contributed by atoms with Crippen LogP contribution >= 0.6 is 0 Å². The predicted molar refractivity (Wildman–Crippen MR) is 211 cm³/mol. The highest BCUT2D eigenvalue weighted by Crippen LogP contribution is 2.60. The summed E-state index contributed by atoms with van der Waals surface area (Å²) in [7, 11) is 0. The summed E-state index contributed by atoms with van der Waals surface area (Å²) >= 11 is 0. The zero-order valence-electron chi connectivity index (χ0n) is 30.5. The highest BCUT2D eigenvalue weighted by atomic mass is 19.4. The molecule has 10 heteroatoms. The molecule has 0 amide bonds. The summed E-state index contributed by atoms with van der Waals surface area (Å²) in [4.78, 5) is 4.09. The van der Waals surface area contributed by atoms with E-state index in [1.54, 1.807) is 0 Å². The zero-order valence-corrected chi connectivity index (χ0v) is 30.5. The summed E-state index contributed by atoms with van der Waals surface area (Å²) in [6, 6.07) is 42.1. The highest BCUT2D eigenvalue weighted by molar-refractivity contribution is 6.04. The number of benzene rings is 7. The van der Waals surface area contributed by atoms with Crippen LogP contribution in [0, 0.1) is 0 Å².